The van der Waals surface area contributed by atoms with Crippen molar-refractivity contribution in [3.63, 3.8) is 0 Å². The summed E-state index contributed by atoms with van der Waals surface area (Å²) >= 11 is 0. The predicted octanol–water partition coefficient (Wildman–Crippen LogP) is 2.37. The maximum atomic E-state index is 9.36. The Morgan fingerprint density at radius 3 is 2.67 bits per heavy atom. The molecular weight excluding hydrogens is 222 g/mol. The molecule has 2 aliphatic heterocycles. The number of fused-ring (bicyclic) bond motifs is 1. The van der Waals surface area contributed by atoms with E-state index in [2.05, 4.69) is 42.4 Å². The number of nitriles is 1. The summed E-state index contributed by atoms with van der Waals surface area (Å²) in [6.07, 6.45) is 4.79. The minimum Gasteiger partial charge on any atom is -0.306 e. The van der Waals surface area contributed by atoms with Gasteiger partial charge in [-0.05, 0) is 50.0 Å². The van der Waals surface area contributed by atoms with E-state index >= 15 is 0 Å². The maximum Gasteiger partial charge on any atom is 0.180 e. The van der Waals surface area contributed by atoms with E-state index < -0.39 is 0 Å². The molecular formula is C15H19N3. The van der Waals surface area contributed by atoms with Gasteiger partial charge in [0.15, 0.2) is 6.19 Å². The highest BCUT2D eigenvalue weighted by atomic mass is 15.2. The molecule has 0 N–H and O–H groups in total. The summed E-state index contributed by atoms with van der Waals surface area (Å²) in [4.78, 5) is 4.36. The van der Waals surface area contributed by atoms with Crippen molar-refractivity contribution in [1.82, 2.24) is 9.80 Å². The molecule has 1 fully saturated rings. The molecule has 2 aliphatic rings. The van der Waals surface area contributed by atoms with Crippen LogP contribution in [0.25, 0.3) is 0 Å². The molecule has 0 radical (unpaired) electrons. The van der Waals surface area contributed by atoms with Gasteiger partial charge in [-0.25, -0.2) is 0 Å². The molecule has 18 heavy (non-hydrogen) atoms. The number of rotatable bonds is 1. The van der Waals surface area contributed by atoms with Crippen molar-refractivity contribution in [3.8, 4) is 6.19 Å². The fraction of sp³-hybridized carbons (Fsp3) is 0.533. The van der Waals surface area contributed by atoms with Gasteiger partial charge in [0.1, 0.15) is 0 Å². The lowest BCUT2D eigenvalue weighted by Gasteiger charge is -2.35. The highest BCUT2D eigenvalue weighted by Gasteiger charge is 2.36. The average molecular weight is 241 g/mol. The molecule has 1 saturated heterocycles. The number of nitrogens with zero attached hydrogens (tertiary/aromatic N) is 3. The third-order valence-corrected chi connectivity index (χ3v) is 4.39. The Labute approximate surface area is 109 Å². The highest BCUT2D eigenvalue weighted by molar-refractivity contribution is 5.35. The molecule has 3 rings (SSSR count). The van der Waals surface area contributed by atoms with Crippen LogP contribution in [0.2, 0.25) is 0 Å². The SMILES string of the molecule is CN1CCC(C2c3ccccc3CN2C#N)CC1. The molecule has 0 aliphatic carbocycles. The summed E-state index contributed by atoms with van der Waals surface area (Å²) in [5.41, 5.74) is 2.72. The smallest absolute Gasteiger partial charge is 0.180 e. The summed E-state index contributed by atoms with van der Waals surface area (Å²) in [5, 5.41) is 9.36. The van der Waals surface area contributed by atoms with Crippen LogP contribution >= 0.6 is 0 Å². The van der Waals surface area contributed by atoms with Crippen molar-refractivity contribution in [2.24, 2.45) is 5.92 Å². The molecule has 0 spiro atoms. The van der Waals surface area contributed by atoms with Crippen molar-refractivity contribution < 1.29 is 0 Å². The number of hydrogen-bond acceptors (Lipinski definition) is 3. The monoisotopic (exact) mass is 241 g/mol. The lowest BCUT2D eigenvalue weighted by atomic mass is 9.85. The standard InChI is InChI=1S/C15H19N3/c1-17-8-6-12(7-9-17)15-14-5-3-2-4-13(14)10-18(15)11-16/h2-5,12,15H,6-10H2,1H3. The Kier molecular flexibility index (Phi) is 2.97. The molecule has 1 aromatic carbocycles. The Hall–Kier alpha value is -1.53. The largest absolute Gasteiger partial charge is 0.306 e. The molecule has 0 bridgehead atoms. The van der Waals surface area contributed by atoms with Crippen LogP contribution < -0.4 is 0 Å². The van der Waals surface area contributed by atoms with Gasteiger partial charge in [-0.1, -0.05) is 24.3 Å². The maximum absolute atomic E-state index is 9.36. The topological polar surface area (TPSA) is 30.3 Å². The molecule has 3 heteroatoms. The van der Waals surface area contributed by atoms with Crippen LogP contribution in [0.4, 0.5) is 0 Å². The van der Waals surface area contributed by atoms with Crippen molar-refractivity contribution in [2.45, 2.75) is 25.4 Å². The van der Waals surface area contributed by atoms with Crippen molar-refractivity contribution >= 4 is 0 Å². The quantitative estimate of drug-likeness (QED) is 0.707. The third kappa shape index (κ3) is 1.87. The highest BCUT2D eigenvalue weighted by Crippen LogP contribution is 2.41. The Bertz CT molecular complexity index is 469. The van der Waals surface area contributed by atoms with E-state index in [1.807, 2.05) is 4.90 Å². The molecule has 0 saturated carbocycles. The Balaban J connectivity index is 1.87. The van der Waals surface area contributed by atoms with Crippen LogP contribution in [0.5, 0.6) is 0 Å². The minimum atomic E-state index is 0.319. The van der Waals surface area contributed by atoms with Crippen LogP contribution in [0.1, 0.15) is 30.0 Å². The lowest BCUT2D eigenvalue weighted by molar-refractivity contribution is 0.142. The van der Waals surface area contributed by atoms with Gasteiger partial charge in [0.05, 0.1) is 12.6 Å². The zero-order chi connectivity index (χ0) is 12.5. The van der Waals surface area contributed by atoms with E-state index in [1.165, 1.54) is 24.0 Å². The Morgan fingerprint density at radius 2 is 1.94 bits per heavy atom. The summed E-state index contributed by atoms with van der Waals surface area (Å²) in [5.74, 6) is 0.629. The van der Waals surface area contributed by atoms with Gasteiger partial charge >= 0.3 is 0 Å². The number of likely N-dealkylation sites (tertiary alicyclic amines) is 1. The molecule has 0 aromatic heterocycles. The van der Waals surface area contributed by atoms with E-state index in [0.717, 1.165) is 19.6 Å². The van der Waals surface area contributed by atoms with Crippen molar-refractivity contribution in [1.29, 1.82) is 5.26 Å². The van der Waals surface area contributed by atoms with Gasteiger partial charge in [-0.15, -0.1) is 0 Å². The van der Waals surface area contributed by atoms with Crippen LogP contribution in [-0.2, 0) is 6.54 Å². The fourth-order valence-electron chi connectivity index (χ4n) is 3.37. The molecule has 3 nitrogen and oxygen atoms in total. The summed E-state index contributed by atoms with van der Waals surface area (Å²) < 4.78 is 0. The van der Waals surface area contributed by atoms with E-state index in [9.17, 15) is 5.26 Å². The molecule has 0 amide bonds. The van der Waals surface area contributed by atoms with Gasteiger partial charge in [0, 0.05) is 0 Å². The molecule has 94 valence electrons. The van der Waals surface area contributed by atoms with E-state index in [4.69, 9.17) is 0 Å². The molecule has 1 unspecified atom stereocenters. The number of benzene rings is 1. The minimum absolute atomic E-state index is 0.319. The Morgan fingerprint density at radius 1 is 1.22 bits per heavy atom. The lowest BCUT2D eigenvalue weighted by Crippen LogP contribution is -2.35. The third-order valence-electron chi connectivity index (χ3n) is 4.39. The number of piperidine rings is 1. The summed E-state index contributed by atoms with van der Waals surface area (Å²) in [6.45, 7) is 3.11. The fourth-order valence-corrected chi connectivity index (χ4v) is 3.37. The van der Waals surface area contributed by atoms with E-state index in [-0.39, 0.29) is 0 Å². The van der Waals surface area contributed by atoms with Crippen molar-refractivity contribution in [2.75, 3.05) is 20.1 Å². The zero-order valence-electron chi connectivity index (χ0n) is 10.8. The van der Waals surface area contributed by atoms with Gasteiger partial charge in [-0.2, -0.15) is 5.26 Å². The number of hydrogen-bond donors (Lipinski definition) is 0. The van der Waals surface area contributed by atoms with Gasteiger partial charge in [0.2, 0.25) is 0 Å². The molecule has 2 heterocycles. The van der Waals surface area contributed by atoms with Gasteiger partial charge in [0.25, 0.3) is 0 Å². The average Bonchev–Trinajstić information content (AvgIpc) is 2.78. The van der Waals surface area contributed by atoms with Crippen LogP contribution in [-0.4, -0.2) is 29.9 Å². The second kappa shape index (κ2) is 4.62. The summed E-state index contributed by atoms with van der Waals surface area (Å²) in [7, 11) is 2.18. The van der Waals surface area contributed by atoms with Crippen LogP contribution in [0.3, 0.4) is 0 Å². The van der Waals surface area contributed by atoms with Crippen LogP contribution in [0, 0.1) is 17.4 Å². The second-order valence-electron chi connectivity index (χ2n) is 5.51. The van der Waals surface area contributed by atoms with Gasteiger partial charge in [-0.3, -0.25) is 4.90 Å². The zero-order valence-corrected chi connectivity index (χ0v) is 10.8. The van der Waals surface area contributed by atoms with Gasteiger partial charge < -0.3 is 4.90 Å². The van der Waals surface area contributed by atoms with E-state index in [0.29, 0.717) is 12.0 Å². The molecule has 1 aromatic rings. The van der Waals surface area contributed by atoms with Crippen molar-refractivity contribution in [3.05, 3.63) is 35.4 Å². The first-order valence-corrected chi connectivity index (χ1v) is 6.72. The second-order valence-corrected chi connectivity index (χ2v) is 5.51. The predicted molar refractivity (Wildman–Crippen MR) is 70.6 cm³/mol. The first kappa shape index (κ1) is 11.6. The molecule has 1 atom stereocenters. The normalized spacial score (nSPS) is 24.9. The first-order chi connectivity index (χ1) is 8.79. The summed E-state index contributed by atoms with van der Waals surface area (Å²) in [6, 6.07) is 8.86. The van der Waals surface area contributed by atoms with Crippen LogP contribution in [0.15, 0.2) is 24.3 Å². The first-order valence-electron chi connectivity index (χ1n) is 6.72. The van der Waals surface area contributed by atoms with E-state index in [1.54, 1.807) is 0 Å².